The molecule has 0 aliphatic heterocycles. The van der Waals surface area contributed by atoms with E-state index < -0.39 is 0 Å². The fourth-order valence-corrected chi connectivity index (χ4v) is 4.42. The summed E-state index contributed by atoms with van der Waals surface area (Å²) < 4.78 is 7.42. The van der Waals surface area contributed by atoms with Gasteiger partial charge in [-0.25, -0.2) is 4.79 Å². The van der Waals surface area contributed by atoms with Gasteiger partial charge in [0.05, 0.1) is 29.2 Å². The minimum atomic E-state index is -0.320. The summed E-state index contributed by atoms with van der Waals surface area (Å²) in [6.07, 6.45) is 1.94. The van der Waals surface area contributed by atoms with Crippen molar-refractivity contribution in [1.29, 1.82) is 0 Å². The van der Waals surface area contributed by atoms with Crippen LogP contribution in [0, 0.1) is 6.92 Å². The summed E-state index contributed by atoms with van der Waals surface area (Å²) in [4.78, 5) is 17.1. The third-order valence-electron chi connectivity index (χ3n) is 6.14. The van der Waals surface area contributed by atoms with E-state index in [-0.39, 0.29) is 5.97 Å². The summed E-state index contributed by atoms with van der Waals surface area (Å²) in [6.45, 7) is 4.22. The molecule has 4 aromatic carbocycles. The lowest BCUT2D eigenvalue weighted by atomic mass is 10.1. The highest BCUT2D eigenvalue weighted by Gasteiger charge is 2.19. The Balaban J connectivity index is 1.72. The fraction of sp³-hybridized carbons (Fsp3) is 0.0909. The number of hydrogen-bond acceptors (Lipinski definition) is 3. The van der Waals surface area contributed by atoms with Gasteiger partial charge in [-0.05, 0) is 73.0 Å². The van der Waals surface area contributed by atoms with Crippen LogP contribution < -0.4 is 0 Å². The van der Waals surface area contributed by atoms with Crippen molar-refractivity contribution in [2.75, 3.05) is 6.61 Å². The minimum Gasteiger partial charge on any atom is -0.462 e. The highest BCUT2D eigenvalue weighted by Crippen LogP contribution is 2.35. The summed E-state index contributed by atoms with van der Waals surface area (Å²) in [5, 5.41) is 0. The number of esters is 1. The molecule has 0 aliphatic carbocycles. The van der Waals surface area contributed by atoms with Gasteiger partial charge in [0.15, 0.2) is 0 Å². The largest absolute Gasteiger partial charge is 0.462 e. The number of carbonyl (C=O) groups excluding carboxylic acids is 1. The second kappa shape index (κ2) is 10.9. The zero-order valence-electron chi connectivity index (χ0n) is 21.0. The number of ether oxygens (including phenoxy) is 1. The molecule has 1 aromatic heterocycles. The van der Waals surface area contributed by atoms with Crippen molar-refractivity contribution in [3.63, 3.8) is 0 Å². The molecule has 0 bridgehead atoms. The van der Waals surface area contributed by atoms with E-state index in [9.17, 15) is 4.79 Å². The third kappa shape index (κ3) is 5.29. The van der Waals surface area contributed by atoms with E-state index in [4.69, 9.17) is 9.73 Å². The SMILES string of the molecule is CCOC(=O)c1ccc(-n2c(-c3ccccc3)cc(C=Nc3cccc(C)c3)c2-c2ccccc2)cc1. The minimum absolute atomic E-state index is 0.320. The van der Waals surface area contributed by atoms with Gasteiger partial charge in [0.25, 0.3) is 0 Å². The van der Waals surface area contributed by atoms with Gasteiger partial charge in [0, 0.05) is 17.5 Å². The summed E-state index contributed by atoms with van der Waals surface area (Å²) in [7, 11) is 0. The quantitative estimate of drug-likeness (QED) is 0.173. The van der Waals surface area contributed by atoms with Crippen molar-refractivity contribution in [3.05, 3.63) is 132 Å². The van der Waals surface area contributed by atoms with Crippen LogP contribution in [0.25, 0.3) is 28.2 Å². The molecule has 1 heterocycles. The van der Waals surface area contributed by atoms with Crippen LogP contribution in [0.2, 0.25) is 0 Å². The first-order chi connectivity index (χ1) is 18.1. The van der Waals surface area contributed by atoms with Crippen LogP contribution in [0.4, 0.5) is 5.69 Å². The monoisotopic (exact) mass is 484 g/mol. The number of aromatic nitrogens is 1. The fourth-order valence-electron chi connectivity index (χ4n) is 4.42. The molecule has 182 valence electrons. The standard InChI is InChI=1S/C33H28N2O2/c1-3-37-33(36)27-17-19-30(20-18-27)35-31(25-12-6-4-7-13-25)22-28(32(35)26-14-8-5-9-15-26)23-34-29-16-10-11-24(2)21-29/h4-23H,3H2,1-2H3. The Morgan fingerprint density at radius 3 is 2.14 bits per heavy atom. The number of aliphatic imine (C=N–C) groups is 1. The predicted octanol–water partition coefficient (Wildman–Crippen LogP) is 8.05. The molecule has 0 saturated carbocycles. The van der Waals surface area contributed by atoms with Gasteiger partial charge < -0.3 is 9.30 Å². The molecule has 0 aliphatic rings. The van der Waals surface area contributed by atoms with E-state index in [1.165, 1.54) is 5.56 Å². The molecule has 5 rings (SSSR count). The maximum absolute atomic E-state index is 12.3. The molecule has 0 atom stereocenters. The van der Waals surface area contributed by atoms with Gasteiger partial charge in [-0.1, -0.05) is 72.8 Å². The molecule has 0 saturated heterocycles. The van der Waals surface area contributed by atoms with Gasteiger partial charge in [0.1, 0.15) is 0 Å². The topological polar surface area (TPSA) is 43.6 Å². The molecule has 4 nitrogen and oxygen atoms in total. The second-order valence-corrected chi connectivity index (χ2v) is 8.77. The Hall–Kier alpha value is -4.70. The van der Waals surface area contributed by atoms with E-state index in [1.807, 2.05) is 85.9 Å². The van der Waals surface area contributed by atoms with Gasteiger partial charge >= 0.3 is 5.97 Å². The van der Waals surface area contributed by atoms with Crippen LogP contribution in [0.15, 0.2) is 120 Å². The van der Waals surface area contributed by atoms with E-state index in [1.54, 1.807) is 0 Å². The highest BCUT2D eigenvalue weighted by molar-refractivity contribution is 5.95. The Kier molecular flexibility index (Phi) is 7.09. The Morgan fingerprint density at radius 2 is 1.49 bits per heavy atom. The Bertz CT molecular complexity index is 1530. The van der Waals surface area contributed by atoms with E-state index in [0.29, 0.717) is 12.2 Å². The summed E-state index contributed by atoms with van der Waals surface area (Å²) in [5.74, 6) is -0.320. The van der Waals surface area contributed by atoms with Crippen LogP contribution >= 0.6 is 0 Å². The zero-order valence-corrected chi connectivity index (χ0v) is 21.0. The number of aryl methyl sites for hydroxylation is 1. The smallest absolute Gasteiger partial charge is 0.338 e. The second-order valence-electron chi connectivity index (χ2n) is 8.77. The van der Waals surface area contributed by atoms with Crippen molar-refractivity contribution in [2.24, 2.45) is 4.99 Å². The van der Waals surface area contributed by atoms with Crippen molar-refractivity contribution in [1.82, 2.24) is 4.57 Å². The molecule has 0 radical (unpaired) electrons. The van der Waals surface area contributed by atoms with Crippen molar-refractivity contribution in [3.8, 4) is 28.2 Å². The average molecular weight is 485 g/mol. The van der Waals surface area contributed by atoms with E-state index >= 15 is 0 Å². The van der Waals surface area contributed by atoms with Gasteiger partial charge in [0.2, 0.25) is 0 Å². The molecular weight excluding hydrogens is 456 g/mol. The molecule has 4 heteroatoms. The Labute approximate surface area is 217 Å². The third-order valence-corrected chi connectivity index (χ3v) is 6.14. The number of benzene rings is 4. The molecule has 0 amide bonds. The van der Waals surface area contributed by atoms with Crippen molar-refractivity contribution in [2.45, 2.75) is 13.8 Å². The summed E-state index contributed by atoms with van der Waals surface area (Å²) in [6, 6.07) is 38.5. The number of hydrogen-bond donors (Lipinski definition) is 0. The number of carbonyl (C=O) groups is 1. The van der Waals surface area contributed by atoms with Crippen LogP contribution in [0.5, 0.6) is 0 Å². The molecule has 0 fully saturated rings. The average Bonchev–Trinajstić information content (AvgIpc) is 3.33. The summed E-state index contributed by atoms with van der Waals surface area (Å²) >= 11 is 0. The van der Waals surface area contributed by atoms with Gasteiger partial charge in [-0.3, -0.25) is 4.99 Å². The maximum atomic E-state index is 12.3. The molecule has 0 unspecified atom stereocenters. The van der Waals surface area contributed by atoms with Crippen LogP contribution in [0.3, 0.4) is 0 Å². The lowest BCUT2D eigenvalue weighted by molar-refractivity contribution is 0.0526. The van der Waals surface area contributed by atoms with Gasteiger partial charge in [-0.15, -0.1) is 0 Å². The predicted molar refractivity (Wildman–Crippen MR) is 151 cm³/mol. The molecular formula is C33H28N2O2. The van der Waals surface area contributed by atoms with Crippen molar-refractivity contribution >= 4 is 17.9 Å². The van der Waals surface area contributed by atoms with Crippen LogP contribution in [0.1, 0.15) is 28.4 Å². The first-order valence-corrected chi connectivity index (χ1v) is 12.4. The first-order valence-electron chi connectivity index (χ1n) is 12.4. The van der Waals surface area contributed by atoms with E-state index in [0.717, 1.165) is 39.5 Å². The molecule has 37 heavy (non-hydrogen) atoms. The van der Waals surface area contributed by atoms with Crippen LogP contribution in [-0.2, 0) is 4.74 Å². The zero-order chi connectivity index (χ0) is 25.6. The molecule has 0 spiro atoms. The normalized spacial score (nSPS) is 11.1. The lowest BCUT2D eigenvalue weighted by Gasteiger charge is -2.15. The maximum Gasteiger partial charge on any atom is 0.338 e. The number of nitrogens with zero attached hydrogens (tertiary/aromatic N) is 2. The van der Waals surface area contributed by atoms with E-state index in [2.05, 4.69) is 54.0 Å². The van der Waals surface area contributed by atoms with Crippen molar-refractivity contribution < 1.29 is 9.53 Å². The summed E-state index contributed by atoms with van der Waals surface area (Å²) in [5.41, 5.74) is 8.78. The van der Waals surface area contributed by atoms with Gasteiger partial charge in [-0.2, -0.15) is 0 Å². The highest BCUT2D eigenvalue weighted by atomic mass is 16.5. The Morgan fingerprint density at radius 1 is 0.811 bits per heavy atom. The molecule has 5 aromatic rings. The lowest BCUT2D eigenvalue weighted by Crippen LogP contribution is -2.05. The molecule has 0 N–H and O–H groups in total. The van der Waals surface area contributed by atoms with Crippen LogP contribution in [-0.4, -0.2) is 23.4 Å². The first kappa shape index (κ1) is 24.0. The number of rotatable bonds is 7.